The van der Waals surface area contributed by atoms with Gasteiger partial charge in [-0.3, -0.25) is 4.79 Å². The first-order valence-electron chi connectivity index (χ1n) is 15.7. The molecule has 0 aromatic carbocycles. The van der Waals surface area contributed by atoms with Crippen LogP contribution in [0.4, 0.5) is 0 Å². The molecule has 3 N–H and O–H groups in total. The van der Waals surface area contributed by atoms with Crippen molar-refractivity contribution < 1.29 is 39.1 Å². The van der Waals surface area contributed by atoms with E-state index in [2.05, 4.69) is 40.7 Å². The normalized spacial score (nSPS) is 45.2. The fourth-order valence-electron chi connectivity index (χ4n) is 7.43. The van der Waals surface area contributed by atoms with Gasteiger partial charge in [0.2, 0.25) is 0 Å². The van der Waals surface area contributed by atoms with Gasteiger partial charge in [-0.2, -0.15) is 0 Å². The van der Waals surface area contributed by atoms with E-state index in [0.29, 0.717) is 43.1 Å². The number of rotatable bonds is 3. The number of hydrogen-bond donors (Lipinski definition) is 3. The van der Waals surface area contributed by atoms with Gasteiger partial charge in [-0.05, 0) is 62.0 Å². The summed E-state index contributed by atoms with van der Waals surface area (Å²) >= 11 is 0. The topological polar surface area (TPSA) is 115 Å². The molecule has 3 heterocycles. The fourth-order valence-corrected chi connectivity index (χ4v) is 7.43. The van der Waals surface area contributed by atoms with Crippen LogP contribution in [0.3, 0.4) is 0 Å². The molecule has 1 spiro atoms. The number of esters is 1. The number of ether oxygens (including phenoxy) is 4. The van der Waals surface area contributed by atoms with Gasteiger partial charge in [-0.1, -0.05) is 63.6 Å². The van der Waals surface area contributed by atoms with Crippen LogP contribution in [0.25, 0.3) is 0 Å². The molecule has 236 valence electrons. The third-order valence-electron chi connectivity index (χ3n) is 9.67. The molecule has 4 rings (SSSR count). The summed E-state index contributed by atoms with van der Waals surface area (Å²) in [5, 5.41) is 33.9. The second kappa shape index (κ2) is 13.4. The van der Waals surface area contributed by atoms with E-state index >= 15 is 0 Å². The monoisotopic (exact) mass is 588 g/mol. The maximum Gasteiger partial charge on any atom is 0.316 e. The summed E-state index contributed by atoms with van der Waals surface area (Å²) in [7, 11) is 1.44. The molecule has 8 nitrogen and oxygen atoms in total. The molecule has 2 fully saturated rings. The number of aliphatic hydroxyl groups is 3. The van der Waals surface area contributed by atoms with Crippen LogP contribution in [0.2, 0.25) is 0 Å². The van der Waals surface area contributed by atoms with Gasteiger partial charge < -0.3 is 34.3 Å². The Kier molecular flexibility index (Phi) is 10.6. The number of carbonyl (C=O) groups excluding carboxylic acids is 1. The van der Waals surface area contributed by atoms with Gasteiger partial charge in [-0.25, -0.2) is 0 Å². The van der Waals surface area contributed by atoms with Gasteiger partial charge in [0, 0.05) is 26.4 Å². The zero-order chi connectivity index (χ0) is 30.8. The van der Waals surface area contributed by atoms with Crippen molar-refractivity contribution in [3.63, 3.8) is 0 Å². The SMILES string of the molecule is CO[C@@H]1C(C)=C[C@H]2C(=O)O[C@H]3C[C@@H](C/C=C(\C)C[C@@H](C)/C=C/C=C(\CO)[C@]2(O)[C@@H]1O)O[C@@]1(CC[C@H](C)[C@@H](C(C)C)O1)C3. The van der Waals surface area contributed by atoms with E-state index in [1.54, 1.807) is 25.2 Å². The zero-order valence-corrected chi connectivity index (χ0v) is 26.4. The van der Waals surface area contributed by atoms with Crippen molar-refractivity contribution in [2.45, 2.75) is 122 Å². The van der Waals surface area contributed by atoms with Crippen molar-refractivity contribution in [3.05, 3.63) is 47.1 Å². The van der Waals surface area contributed by atoms with Gasteiger partial charge in [0.15, 0.2) is 5.79 Å². The van der Waals surface area contributed by atoms with E-state index in [9.17, 15) is 20.1 Å². The minimum Gasteiger partial charge on any atom is -0.462 e. The second-order valence-corrected chi connectivity index (χ2v) is 13.5. The first-order valence-corrected chi connectivity index (χ1v) is 15.7. The Morgan fingerprint density at radius 3 is 2.57 bits per heavy atom. The highest BCUT2D eigenvalue weighted by molar-refractivity contribution is 5.78. The number of allylic oxidation sites excluding steroid dienone is 4. The highest BCUT2D eigenvalue weighted by Gasteiger charge is 2.56. The summed E-state index contributed by atoms with van der Waals surface area (Å²) in [6, 6.07) is 0. The predicted octanol–water partition coefficient (Wildman–Crippen LogP) is 4.78. The molecule has 2 bridgehead atoms. The lowest BCUT2D eigenvalue weighted by molar-refractivity contribution is -0.340. The molecule has 0 radical (unpaired) electrons. The molecule has 0 amide bonds. The molecule has 0 aromatic rings. The Morgan fingerprint density at radius 1 is 1.17 bits per heavy atom. The number of hydrogen-bond acceptors (Lipinski definition) is 8. The second-order valence-electron chi connectivity index (χ2n) is 13.5. The first-order chi connectivity index (χ1) is 19.8. The standard InChI is InChI=1S/C34H52O8/c1-20(2)29-23(5)13-14-33(42-29)18-27-17-26(41-33)12-11-22(4)15-21(3)9-8-10-25(19-35)34(38)28(32(37)40-27)16-24(6)30(39-7)31(34)36/h8-11,16,20-21,23,26-31,35-36,38H,12-15,17-19H2,1-7H3/b9-8+,22-11+,25-10+/t21-,23-,26+,27-,28-,29+,30+,31+,33+,34+/m0/s1. The van der Waals surface area contributed by atoms with Crippen LogP contribution in [-0.2, 0) is 23.7 Å². The number of aliphatic hydroxyl groups excluding tert-OH is 2. The van der Waals surface area contributed by atoms with Crippen molar-refractivity contribution in [3.8, 4) is 0 Å². The summed E-state index contributed by atoms with van der Waals surface area (Å²) < 4.78 is 25.2. The molecular weight excluding hydrogens is 536 g/mol. The fraction of sp³-hybridized carbons (Fsp3) is 0.735. The van der Waals surface area contributed by atoms with Crippen molar-refractivity contribution in [1.82, 2.24) is 0 Å². The van der Waals surface area contributed by atoms with Gasteiger partial charge >= 0.3 is 5.97 Å². The van der Waals surface area contributed by atoms with Crippen LogP contribution in [0, 0.1) is 23.7 Å². The van der Waals surface area contributed by atoms with Crippen LogP contribution in [0.15, 0.2) is 47.1 Å². The van der Waals surface area contributed by atoms with E-state index in [4.69, 9.17) is 18.9 Å². The Labute approximate surface area is 251 Å². The van der Waals surface area contributed by atoms with Crippen LogP contribution < -0.4 is 0 Å². The summed E-state index contributed by atoms with van der Waals surface area (Å²) in [5.41, 5.74) is -0.172. The molecule has 1 aliphatic carbocycles. The van der Waals surface area contributed by atoms with Gasteiger partial charge in [0.25, 0.3) is 0 Å². The van der Waals surface area contributed by atoms with E-state index in [1.165, 1.54) is 12.7 Å². The Hall–Kier alpha value is -1.81. The maximum atomic E-state index is 14.0. The van der Waals surface area contributed by atoms with Gasteiger partial charge in [0.05, 0.1) is 18.8 Å². The number of methoxy groups -OCH3 is 1. The predicted molar refractivity (Wildman–Crippen MR) is 160 cm³/mol. The third-order valence-corrected chi connectivity index (χ3v) is 9.67. The van der Waals surface area contributed by atoms with E-state index in [1.807, 2.05) is 6.08 Å². The zero-order valence-electron chi connectivity index (χ0n) is 26.4. The lowest BCUT2D eigenvalue weighted by atomic mass is 9.69. The number of carbonyl (C=O) groups is 1. The molecule has 42 heavy (non-hydrogen) atoms. The molecule has 10 atom stereocenters. The van der Waals surface area contributed by atoms with Gasteiger partial charge in [0.1, 0.15) is 29.8 Å². The van der Waals surface area contributed by atoms with Crippen molar-refractivity contribution in [1.29, 1.82) is 0 Å². The molecule has 3 aliphatic heterocycles. The lowest BCUT2D eigenvalue weighted by Crippen LogP contribution is -2.61. The minimum atomic E-state index is -2.13. The summed E-state index contributed by atoms with van der Waals surface area (Å²) in [4.78, 5) is 14.0. The molecule has 0 aromatic heterocycles. The van der Waals surface area contributed by atoms with Crippen LogP contribution >= 0.6 is 0 Å². The average molecular weight is 589 g/mol. The molecule has 8 heteroatoms. The summed E-state index contributed by atoms with van der Waals surface area (Å²) in [6.45, 7) is 11.9. The van der Waals surface area contributed by atoms with Crippen molar-refractivity contribution >= 4 is 5.97 Å². The van der Waals surface area contributed by atoms with Crippen LogP contribution in [-0.4, -0.2) is 76.9 Å². The van der Waals surface area contributed by atoms with Crippen molar-refractivity contribution in [2.24, 2.45) is 23.7 Å². The minimum absolute atomic E-state index is 0.0315. The quantitative estimate of drug-likeness (QED) is 0.319. The summed E-state index contributed by atoms with van der Waals surface area (Å²) in [6.07, 6.45) is 10.2. The molecule has 0 unspecified atom stereocenters. The lowest BCUT2D eigenvalue weighted by Gasteiger charge is -2.51. The van der Waals surface area contributed by atoms with Crippen LogP contribution in [0.1, 0.15) is 80.1 Å². The van der Waals surface area contributed by atoms with E-state index in [0.717, 1.165) is 12.8 Å². The Balaban J connectivity index is 1.76. The number of fused-ring (bicyclic) bond motifs is 3. The van der Waals surface area contributed by atoms with E-state index < -0.39 is 48.2 Å². The summed E-state index contributed by atoms with van der Waals surface area (Å²) in [5.74, 6) is -1.87. The molecule has 2 saturated heterocycles. The molecule has 0 saturated carbocycles. The largest absolute Gasteiger partial charge is 0.462 e. The third kappa shape index (κ3) is 6.79. The molecular formula is C34H52O8. The molecule has 4 aliphatic rings. The highest BCUT2D eigenvalue weighted by Crippen LogP contribution is 2.46. The van der Waals surface area contributed by atoms with Crippen LogP contribution in [0.5, 0.6) is 0 Å². The Morgan fingerprint density at radius 2 is 1.90 bits per heavy atom. The van der Waals surface area contributed by atoms with Crippen molar-refractivity contribution in [2.75, 3.05) is 13.7 Å². The highest BCUT2D eigenvalue weighted by atomic mass is 16.7. The van der Waals surface area contributed by atoms with E-state index in [-0.39, 0.29) is 23.7 Å². The first kappa shape index (κ1) is 33.1. The average Bonchev–Trinajstić information content (AvgIpc) is 2.93. The maximum absolute atomic E-state index is 14.0. The van der Waals surface area contributed by atoms with Gasteiger partial charge in [-0.15, -0.1) is 0 Å². The smallest absolute Gasteiger partial charge is 0.316 e. The Bertz CT molecular complexity index is 1090.